The zero-order valence-corrected chi connectivity index (χ0v) is 14.7. The van der Waals surface area contributed by atoms with Crippen LogP contribution in [0.15, 0.2) is 71.8 Å². The maximum absolute atomic E-state index is 5.51. The van der Waals surface area contributed by atoms with Crippen molar-refractivity contribution in [1.29, 1.82) is 0 Å². The minimum absolute atomic E-state index is 0.156. The lowest BCUT2D eigenvalue weighted by molar-refractivity contribution is 1.04. The van der Waals surface area contributed by atoms with E-state index in [0.29, 0.717) is 0 Å². The summed E-state index contributed by atoms with van der Waals surface area (Å²) in [6.45, 7) is 0. The highest BCUT2D eigenvalue weighted by atomic mass is 32.1. The summed E-state index contributed by atoms with van der Waals surface area (Å²) in [5.41, 5.74) is 9.24. The zero-order chi connectivity index (χ0) is 17.7. The lowest BCUT2D eigenvalue weighted by Crippen LogP contribution is -2.24. The normalized spacial score (nSPS) is 12.0. The van der Waals surface area contributed by atoms with Crippen LogP contribution in [0.5, 0.6) is 0 Å². The van der Waals surface area contributed by atoms with E-state index in [0.717, 1.165) is 10.9 Å². The van der Waals surface area contributed by atoms with E-state index in [1.54, 1.807) is 0 Å². The predicted octanol–water partition coefficient (Wildman–Crippen LogP) is 4.90. The zero-order valence-electron chi connectivity index (χ0n) is 13.9. The fraction of sp³-hybridized carbons (Fsp3) is 0. The molecular weight excluding hydrogens is 338 g/mol. The second-order valence-electron chi connectivity index (χ2n) is 6.37. The SMILES string of the molecule is NC(=S)NN=Cc1c2ccccc2c2ccc3cccc4ccc1c2c43. The molecule has 26 heavy (non-hydrogen) atoms. The van der Waals surface area contributed by atoms with Crippen LogP contribution in [-0.2, 0) is 0 Å². The van der Waals surface area contributed by atoms with Gasteiger partial charge in [-0.15, -0.1) is 0 Å². The van der Waals surface area contributed by atoms with Crippen molar-refractivity contribution < 1.29 is 0 Å². The number of hydrogen-bond acceptors (Lipinski definition) is 2. The summed E-state index contributed by atoms with van der Waals surface area (Å²) in [4.78, 5) is 0. The van der Waals surface area contributed by atoms with Gasteiger partial charge in [0.2, 0.25) is 0 Å². The Balaban J connectivity index is 2.00. The Morgan fingerprint density at radius 3 is 2.19 bits per heavy atom. The lowest BCUT2D eigenvalue weighted by Gasteiger charge is -2.15. The van der Waals surface area contributed by atoms with E-state index >= 15 is 0 Å². The summed E-state index contributed by atoms with van der Waals surface area (Å²) in [5.74, 6) is 0. The molecule has 0 atom stereocenters. The van der Waals surface area contributed by atoms with Crippen molar-refractivity contribution in [3.8, 4) is 0 Å². The Hall–Kier alpha value is -3.24. The molecule has 5 aromatic carbocycles. The first-order chi connectivity index (χ1) is 12.7. The number of rotatable bonds is 2. The monoisotopic (exact) mass is 353 g/mol. The molecule has 0 bridgehead atoms. The van der Waals surface area contributed by atoms with Gasteiger partial charge in [-0.25, -0.2) is 0 Å². The number of fused-ring (bicyclic) bond motifs is 2. The van der Waals surface area contributed by atoms with Crippen LogP contribution in [0.3, 0.4) is 0 Å². The number of nitrogens with zero attached hydrogens (tertiary/aromatic N) is 1. The van der Waals surface area contributed by atoms with Crippen molar-refractivity contribution in [2.24, 2.45) is 10.8 Å². The number of thiocarbonyl (C=S) groups is 1. The summed E-state index contributed by atoms with van der Waals surface area (Å²) >= 11 is 4.86. The first kappa shape index (κ1) is 15.0. The topological polar surface area (TPSA) is 50.4 Å². The molecule has 124 valence electrons. The molecule has 3 N–H and O–H groups in total. The van der Waals surface area contributed by atoms with Crippen LogP contribution < -0.4 is 11.2 Å². The van der Waals surface area contributed by atoms with Gasteiger partial charge in [-0.1, -0.05) is 66.7 Å². The smallest absolute Gasteiger partial charge is 0.184 e. The third-order valence-corrected chi connectivity index (χ3v) is 5.03. The molecule has 0 spiro atoms. The fourth-order valence-electron chi connectivity index (χ4n) is 3.93. The third-order valence-electron chi connectivity index (χ3n) is 4.94. The predicted molar refractivity (Wildman–Crippen MR) is 115 cm³/mol. The molecule has 0 unspecified atom stereocenters. The van der Waals surface area contributed by atoms with Gasteiger partial charge < -0.3 is 5.73 Å². The number of hydrogen-bond donors (Lipinski definition) is 2. The van der Waals surface area contributed by atoms with Crippen molar-refractivity contribution in [2.45, 2.75) is 0 Å². The highest BCUT2D eigenvalue weighted by Crippen LogP contribution is 2.40. The van der Waals surface area contributed by atoms with Gasteiger partial charge in [0.25, 0.3) is 0 Å². The number of benzene rings is 5. The average Bonchev–Trinajstić information content (AvgIpc) is 2.67. The minimum atomic E-state index is 0.156. The Morgan fingerprint density at radius 1 is 0.769 bits per heavy atom. The summed E-state index contributed by atoms with van der Waals surface area (Å²) < 4.78 is 0. The van der Waals surface area contributed by atoms with Gasteiger partial charge >= 0.3 is 0 Å². The molecule has 4 heteroatoms. The maximum atomic E-state index is 5.51. The highest BCUT2D eigenvalue weighted by molar-refractivity contribution is 7.80. The molecule has 0 heterocycles. The Morgan fingerprint density at radius 2 is 1.46 bits per heavy atom. The van der Waals surface area contributed by atoms with Gasteiger partial charge in [0.05, 0.1) is 6.21 Å². The summed E-state index contributed by atoms with van der Waals surface area (Å²) in [6, 6.07) is 23.7. The summed E-state index contributed by atoms with van der Waals surface area (Å²) in [5, 5.41) is 14.3. The first-order valence-electron chi connectivity index (χ1n) is 8.41. The molecule has 0 radical (unpaired) electrons. The maximum Gasteiger partial charge on any atom is 0.184 e. The van der Waals surface area contributed by atoms with E-state index in [1.807, 2.05) is 6.21 Å². The third kappa shape index (κ3) is 2.13. The molecular formula is C22H15N3S. The molecule has 3 nitrogen and oxygen atoms in total. The minimum Gasteiger partial charge on any atom is -0.375 e. The molecule has 0 fully saturated rings. The van der Waals surface area contributed by atoms with Crippen LogP contribution in [0.2, 0.25) is 0 Å². The van der Waals surface area contributed by atoms with Gasteiger partial charge in [0.15, 0.2) is 5.11 Å². The quantitative estimate of drug-likeness (QED) is 0.156. The lowest BCUT2D eigenvalue weighted by atomic mass is 9.88. The van der Waals surface area contributed by atoms with Gasteiger partial charge in [-0.2, -0.15) is 5.10 Å². The van der Waals surface area contributed by atoms with Gasteiger partial charge in [-0.3, -0.25) is 5.43 Å². The molecule has 0 saturated carbocycles. The Kier molecular flexibility index (Phi) is 3.27. The second-order valence-corrected chi connectivity index (χ2v) is 6.81. The molecule has 5 aromatic rings. The molecule has 0 amide bonds. The molecule has 0 aliphatic heterocycles. The van der Waals surface area contributed by atoms with Gasteiger partial charge in [-0.05, 0) is 55.3 Å². The Bertz CT molecular complexity index is 1320. The second kappa shape index (κ2) is 5.64. The Labute approximate surface area is 155 Å². The van der Waals surface area contributed by atoms with Crippen LogP contribution in [0.1, 0.15) is 5.56 Å². The van der Waals surface area contributed by atoms with E-state index < -0.39 is 0 Å². The van der Waals surface area contributed by atoms with Crippen molar-refractivity contribution >= 4 is 66.6 Å². The highest BCUT2D eigenvalue weighted by Gasteiger charge is 2.14. The van der Waals surface area contributed by atoms with Crippen molar-refractivity contribution in [3.05, 3.63) is 72.3 Å². The van der Waals surface area contributed by atoms with Crippen molar-refractivity contribution in [2.75, 3.05) is 0 Å². The van der Waals surface area contributed by atoms with Crippen LogP contribution in [-0.4, -0.2) is 11.3 Å². The molecule has 0 aliphatic rings. The van der Waals surface area contributed by atoms with E-state index in [9.17, 15) is 0 Å². The van der Waals surface area contributed by atoms with Crippen LogP contribution in [0.25, 0.3) is 43.1 Å². The van der Waals surface area contributed by atoms with Crippen LogP contribution in [0.4, 0.5) is 0 Å². The van der Waals surface area contributed by atoms with Gasteiger partial charge in [0, 0.05) is 5.56 Å². The number of nitrogens with two attached hydrogens (primary N) is 1. The fourth-order valence-corrected chi connectivity index (χ4v) is 3.98. The molecule has 0 aromatic heterocycles. The van der Waals surface area contributed by atoms with E-state index in [1.165, 1.54) is 37.7 Å². The van der Waals surface area contributed by atoms with Crippen molar-refractivity contribution in [1.82, 2.24) is 5.43 Å². The standard InChI is InChI=1S/C22H15N3S/c23-22(26)25-24-12-19-16-7-2-1-6-15(16)17-10-8-13-4-3-5-14-9-11-18(19)21(17)20(13)14/h1-12H,(H3,23,25,26). The molecule has 5 rings (SSSR count). The average molecular weight is 353 g/mol. The van der Waals surface area contributed by atoms with Crippen LogP contribution >= 0.6 is 12.2 Å². The largest absolute Gasteiger partial charge is 0.375 e. The van der Waals surface area contributed by atoms with E-state index in [4.69, 9.17) is 18.0 Å². The molecule has 0 aliphatic carbocycles. The van der Waals surface area contributed by atoms with E-state index in [-0.39, 0.29) is 5.11 Å². The molecule has 0 saturated heterocycles. The summed E-state index contributed by atoms with van der Waals surface area (Å²) in [7, 11) is 0. The van der Waals surface area contributed by atoms with E-state index in [2.05, 4.69) is 77.3 Å². The number of hydrazone groups is 1. The van der Waals surface area contributed by atoms with Crippen molar-refractivity contribution in [3.63, 3.8) is 0 Å². The van der Waals surface area contributed by atoms with Gasteiger partial charge in [0.1, 0.15) is 0 Å². The number of nitrogens with one attached hydrogen (secondary N) is 1. The first-order valence-corrected chi connectivity index (χ1v) is 8.81. The summed E-state index contributed by atoms with van der Waals surface area (Å²) in [6.07, 6.45) is 1.81. The van der Waals surface area contributed by atoms with Crippen LogP contribution in [0, 0.1) is 0 Å².